The molecule has 0 bridgehead atoms. The molecule has 1 heterocycles. The lowest BCUT2D eigenvalue weighted by Crippen LogP contribution is -2.54. The van der Waals surface area contributed by atoms with Crippen molar-refractivity contribution >= 4 is 17.5 Å². The number of halogens is 3. The van der Waals surface area contributed by atoms with Crippen LogP contribution >= 0.6 is 0 Å². The third kappa shape index (κ3) is 3.49. The van der Waals surface area contributed by atoms with Crippen LogP contribution < -0.4 is 5.32 Å². The van der Waals surface area contributed by atoms with Crippen molar-refractivity contribution in [2.45, 2.75) is 65.0 Å². The number of piperidine rings is 1. The SMILES string of the molecule is CN1C(=O)CC[C@@]2(C)C1=CC[C@H]1[C@@H]3CC[C@H](C(=O)Nc4cccc(C(F)(F)F)c4)[C@@]3(C)CC[C@@H]12. The van der Waals surface area contributed by atoms with Gasteiger partial charge in [-0.05, 0) is 79.9 Å². The second-order valence-electron chi connectivity index (χ2n) is 11.3. The van der Waals surface area contributed by atoms with Gasteiger partial charge in [0.05, 0.1) is 5.56 Å². The van der Waals surface area contributed by atoms with Crippen LogP contribution in [0.15, 0.2) is 36.0 Å². The number of alkyl halides is 3. The number of allylic oxidation sites excluding steroid dienone is 2. The highest BCUT2D eigenvalue weighted by atomic mass is 19.4. The van der Waals surface area contributed by atoms with Gasteiger partial charge in [0.25, 0.3) is 0 Å². The first-order valence-corrected chi connectivity index (χ1v) is 12.4. The number of carbonyl (C=O) groups is 2. The zero-order valence-electron chi connectivity index (χ0n) is 20.0. The predicted octanol–water partition coefficient (Wildman–Crippen LogP) is 6.25. The van der Waals surface area contributed by atoms with Crippen molar-refractivity contribution in [1.29, 1.82) is 0 Å². The number of anilines is 1. The number of nitrogens with zero attached hydrogens (tertiary/aromatic N) is 1. The summed E-state index contributed by atoms with van der Waals surface area (Å²) in [5.41, 5.74) is 0.449. The van der Waals surface area contributed by atoms with E-state index in [0.29, 0.717) is 24.2 Å². The summed E-state index contributed by atoms with van der Waals surface area (Å²) >= 11 is 0. The Labute approximate surface area is 199 Å². The molecule has 2 amide bonds. The molecule has 0 spiro atoms. The summed E-state index contributed by atoms with van der Waals surface area (Å²) in [6.45, 7) is 4.53. The average Bonchev–Trinajstić information content (AvgIpc) is 3.13. The first kappa shape index (κ1) is 23.4. The van der Waals surface area contributed by atoms with Crippen LogP contribution in [0.1, 0.15) is 64.4 Å². The van der Waals surface area contributed by atoms with Gasteiger partial charge in [-0.3, -0.25) is 9.59 Å². The van der Waals surface area contributed by atoms with Crippen molar-refractivity contribution in [3.05, 3.63) is 41.6 Å². The average molecular weight is 475 g/mol. The molecule has 4 nitrogen and oxygen atoms in total. The van der Waals surface area contributed by atoms with Crippen LogP contribution in [0.4, 0.5) is 18.9 Å². The Morgan fingerprint density at radius 3 is 2.62 bits per heavy atom. The van der Waals surface area contributed by atoms with Crippen molar-refractivity contribution < 1.29 is 22.8 Å². The number of nitrogens with one attached hydrogen (secondary N) is 1. The zero-order valence-corrected chi connectivity index (χ0v) is 20.0. The van der Waals surface area contributed by atoms with E-state index >= 15 is 0 Å². The Morgan fingerprint density at radius 2 is 1.88 bits per heavy atom. The Balaban J connectivity index is 1.36. The Kier molecular flexibility index (Phi) is 5.41. The molecule has 6 atom stereocenters. The highest BCUT2D eigenvalue weighted by Crippen LogP contribution is 2.66. The highest BCUT2D eigenvalue weighted by Gasteiger charge is 2.60. The number of fused-ring (bicyclic) bond motifs is 5. The molecular weight excluding hydrogens is 441 g/mol. The molecule has 3 fully saturated rings. The van der Waals surface area contributed by atoms with Gasteiger partial charge in [-0.25, -0.2) is 0 Å². The van der Waals surface area contributed by atoms with Gasteiger partial charge in [0.2, 0.25) is 11.8 Å². The van der Waals surface area contributed by atoms with E-state index in [2.05, 4.69) is 25.2 Å². The third-order valence-corrected chi connectivity index (χ3v) is 9.79. The quantitative estimate of drug-likeness (QED) is 0.551. The fourth-order valence-electron chi connectivity index (χ4n) is 8.01. The van der Waals surface area contributed by atoms with Gasteiger partial charge in [-0.2, -0.15) is 13.2 Å². The van der Waals surface area contributed by atoms with Gasteiger partial charge in [0, 0.05) is 36.2 Å². The lowest BCUT2D eigenvalue weighted by molar-refractivity contribution is -0.137. The van der Waals surface area contributed by atoms with E-state index in [1.807, 2.05) is 11.9 Å². The fraction of sp³-hybridized carbons (Fsp3) is 0.630. The van der Waals surface area contributed by atoms with Gasteiger partial charge in [0.1, 0.15) is 0 Å². The van der Waals surface area contributed by atoms with Crippen LogP contribution in [-0.4, -0.2) is 23.8 Å². The largest absolute Gasteiger partial charge is 0.416 e. The Bertz CT molecular complexity index is 1050. The molecule has 184 valence electrons. The van der Waals surface area contributed by atoms with Gasteiger partial charge < -0.3 is 10.2 Å². The number of hydrogen-bond acceptors (Lipinski definition) is 2. The number of benzene rings is 1. The monoisotopic (exact) mass is 474 g/mol. The lowest BCUT2D eigenvalue weighted by atomic mass is 9.49. The summed E-state index contributed by atoms with van der Waals surface area (Å²) < 4.78 is 39.3. The molecule has 0 unspecified atom stereocenters. The molecule has 1 saturated heterocycles. The van der Waals surface area contributed by atoms with Crippen molar-refractivity contribution in [2.24, 2.45) is 34.5 Å². The van der Waals surface area contributed by atoms with E-state index in [4.69, 9.17) is 0 Å². The number of carbonyl (C=O) groups excluding carboxylic acids is 2. The van der Waals surface area contributed by atoms with E-state index in [1.54, 1.807) is 0 Å². The fourth-order valence-corrected chi connectivity index (χ4v) is 8.01. The lowest BCUT2D eigenvalue weighted by Gasteiger charge is -2.58. The van der Waals surface area contributed by atoms with Crippen LogP contribution in [0.3, 0.4) is 0 Å². The zero-order chi connectivity index (χ0) is 24.5. The summed E-state index contributed by atoms with van der Waals surface area (Å²) in [6, 6.07) is 4.89. The van der Waals surface area contributed by atoms with Gasteiger partial charge in [0.15, 0.2) is 0 Å². The molecular formula is C27H33F3N2O2. The van der Waals surface area contributed by atoms with Gasteiger partial charge in [-0.15, -0.1) is 0 Å². The molecule has 1 aliphatic heterocycles. The van der Waals surface area contributed by atoms with Crippen LogP contribution in [0.2, 0.25) is 0 Å². The standard InChI is InChI=1S/C27H33F3N2O2/c1-25-13-11-20-18(7-10-22-26(20,2)14-12-23(33)32(22)3)19(25)8-9-21(25)24(34)31-17-6-4-5-16(15-17)27(28,29)30/h4-6,10,15,18-21H,7-9,11-14H2,1-3H3,(H,31,34)/t18-,19-,20-,21+,25-,26+/m0/s1. The van der Waals surface area contributed by atoms with E-state index in [9.17, 15) is 22.8 Å². The minimum atomic E-state index is -4.44. The minimum Gasteiger partial charge on any atom is -0.326 e. The molecule has 0 aromatic heterocycles. The number of likely N-dealkylation sites (tertiary alicyclic amines) is 1. The molecule has 1 N–H and O–H groups in total. The topological polar surface area (TPSA) is 49.4 Å². The van der Waals surface area contributed by atoms with Crippen LogP contribution in [0.5, 0.6) is 0 Å². The van der Waals surface area contributed by atoms with Crippen molar-refractivity contribution in [2.75, 3.05) is 12.4 Å². The highest BCUT2D eigenvalue weighted by molar-refractivity contribution is 5.93. The summed E-state index contributed by atoms with van der Waals surface area (Å²) in [5, 5.41) is 2.80. The van der Waals surface area contributed by atoms with Gasteiger partial charge in [-0.1, -0.05) is 26.0 Å². The summed E-state index contributed by atoms with van der Waals surface area (Å²) in [7, 11) is 1.89. The maximum Gasteiger partial charge on any atom is 0.416 e. The van der Waals surface area contributed by atoms with Gasteiger partial charge >= 0.3 is 6.18 Å². The summed E-state index contributed by atoms with van der Waals surface area (Å²) in [5.74, 6) is 1.19. The second-order valence-corrected chi connectivity index (χ2v) is 11.3. The first-order chi connectivity index (χ1) is 15.9. The summed E-state index contributed by atoms with van der Waals surface area (Å²) in [4.78, 5) is 27.5. The normalized spacial score (nSPS) is 37.4. The molecule has 1 aromatic rings. The third-order valence-electron chi connectivity index (χ3n) is 9.79. The molecule has 34 heavy (non-hydrogen) atoms. The van der Waals surface area contributed by atoms with E-state index in [0.717, 1.165) is 50.7 Å². The summed E-state index contributed by atoms with van der Waals surface area (Å²) in [6.07, 6.45) is 3.89. The molecule has 5 rings (SSSR count). The Morgan fingerprint density at radius 1 is 1.12 bits per heavy atom. The predicted molar refractivity (Wildman–Crippen MR) is 123 cm³/mol. The maximum absolute atomic E-state index is 13.3. The molecule has 2 saturated carbocycles. The van der Waals surface area contributed by atoms with E-state index in [1.165, 1.54) is 17.8 Å². The molecule has 4 aliphatic rings. The maximum atomic E-state index is 13.3. The van der Waals surface area contributed by atoms with Crippen LogP contribution in [-0.2, 0) is 15.8 Å². The van der Waals surface area contributed by atoms with Crippen molar-refractivity contribution in [1.82, 2.24) is 4.90 Å². The second kappa shape index (κ2) is 7.85. The Hall–Kier alpha value is -2.31. The molecule has 3 aliphatic carbocycles. The molecule has 0 radical (unpaired) electrons. The van der Waals surface area contributed by atoms with Crippen LogP contribution in [0, 0.1) is 34.5 Å². The minimum absolute atomic E-state index is 0.00864. The smallest absolute Gasteiger partial charge is 0.326 e. The van der Waals surface area contributed by atoms with Crippen LogP contribution in [0.25, 0.3) is 0 Å². The van der Waals surface area contributed by atoms with E-state index in [-0.39, 0.29) is 34.2 Å². The number of hydrogen-bond donors (Lipinski definition) is 1. The first-order valence-electron chi connectivity index (χ1n) is 12.4. The number of amides is 2. The van der Waals surface area contributed by atoms with Crippen molar-refractivity contribution in [3.63, 3.8) is 0 Å². The number of rotatable bonds is 2. The molecule has 7 heteroatoms. The van der Waals surface area contributed by atoms with Crippen molar-refractivity contribution in [3.8, 4) is 0 Å². The van der Waals surface area contributed by atoms with E-state index < -0.39 is 11.7 Å². The molecule has 1 aromatic carbocycles.